The average molecular weight is 460 g/mol. The lowest BCUT2D eigenvalue weighted by atomic mass is 9.77. The van der Waals surface area contributed by atoms with Crippen LogP contribution in [0, 0.1) is 25.5 Å². The summed E-state index contributed by atoms with van der Waals surface area (Å²) in [6.07, 6.45) is 3.40. The van der Waals surface area contributed by atoms with Crippen LogP contribution in [0.2, 0.25) is 0 Å². The van der Waals surface area contributed by atoms with E-state index in [4.69, 9.17) is 14.8 Å². The van der Waals surface area contributed by atoms with Crippen molar-refractivity contribution in [2.75, 3.05) is 12.9 Å². The summed E-state index contributed by atoms with van der Waals surface area (Å²) < 4.78 is 30.7. The molecule has 0 radical (unpaired) electrons. The molecule has 0 spiro atoms. The highest BCUT2D eigenvalue weighted by molar-refractivity contribution is 7.98. The fraction of sp³-hybridized carbons (Fsp3) is 0.227. The number of carbonyl (C=O) groups excluding carboxylic acids is 1. The number of hydrogen-bond donors (Lipinski definition) is 2. The average Bonchev–Trinajstić information content (AvgIpc) is 2.74. The Bertz CT molecular complexity index is 1100. The van der Waals surface area contributed by atoms with E-state index in [1.165, 1.54) is 42.1 Å². The SMILES string of the molecule is CCOC(=O)c1nc(SC)ncc1-c1ccc(F)cc1C.Cc1cc(F)ccc1B(O)O. The highest BCUT2D eigenvalue weighted by Gasteiger charge is 2.19. The van der Waals surface area contributed by atoms with E-state index in [1.54, 1.807) is 33.0 Å². The van der Waals surface area contributed by atoms with Crippen LogP contribution in [-0.4, -0.2) is 46.0 Å². The van der Waals surface area contributed by atoms with Crippen LogP contribution >= 0.6 is 11.8 Å². The molecule has 0 fully saturated rings. The molecule has 168 valence electrons. The molecule has 3 rings (SSSR count). The molecule has 32 heavy (non-hydrogen) atoms. The molecule has 0 saturated heterocycles. The van der Waals surface area contributed by atoms with Gasteiger partial charge < -0.3 is 14.8 Å². The number of aryl methyl sites for hydroxylation is 2. The molecule has 0 aliphatic heterocycles. The van der Waals surface area contributed by atoms with Crippen LogP contribution in [0.15, 0.2) is 47.8 Å². The molecule has 0 unspecified atom stereocenters. The number of nitrogens with zero attached hydrogens (tertiary/aromatic N) is 2. The van der Waals surface area contributed by atoms with Crippen LogP contribution in [0.1, 0.15) is 28.5 Å². The zero-order valence-corrected chi connectivity index (χ0v) is 18.9. The maximum atomic E-state index is 13.2. The summed E-state index contributed by atoms with van der Waals surface area (Å²) in [4.78, 5) is 20.5. The van der Waals surface area contributed by atoms with Gasteiger partial charge in [0.2, 0.25) is 0 Å². The number of halogens is 2. The minimum Gasteiger partial charge on any atom is -0.461 e. The van der Waals surface area contributed by atoms with Crippen LogP contribution in [0.4, 0.5) is 8.78 Å². The number of carbonyl (C=O) groups is 1. The zero-order chi connectivity index (χ0) is 23.8. The largest absolute Gasteiger partial charge is 0.488 e. The van der Waals surface area contributed by atoms with Gasteiger partial charge in [0.15, 0.2) is 10.9 Å². The van der Waals surface area contributed by atoms with Gasteiger partial charge in [0.1, 0.15) is 11.6 Å². The fourth-order valence-electron chi connectivity index (χ4n) is 2.87. The van der Waals surface area contributed by atoms with Crippen LogP contribution in [-0.2, 0) is 4.74 Å². The van der Waals surface area contributed by atoms with Crippen molar-refractivity contribution in [3.63, 3.8) is 0 Å². The molecular weight excluding hydrogens is 437 g/mol. The van der Waals surface area contributed by atoms with E-state index in [0.29, 0.717) is 32.9 Å². The third-order valence-electron chi connectivity index (χ3n) is 4.41. The summed E-state index contributed by atoms with van der Waals surface area (Å²) in [5, 5.41) is 17.9. The Morgan fingerprint density at radius 3 is 2.22 bits per heavy atom. The molecule has 6 nitrogen and oxygen atoms in total. The molecule has 0 bridgehead atoms. The smallest absolute Gasteiger partial charge is 0.461 e. The lowest BCUT2D eigenvalue weighted by Gasteiger charge is -2.11. The number of thioether (sulfide) groups is 1. The molecule has 0 saturated carbocycles. The summed E-state index contributed by atoms with van der Waals surface area (Å²) in [5.41, 5.74) is 3.05. The van der Waals surface area contributed by atoms with E-state index >= 15 is 0 Å². The predicted octanol–water partition coefficient (Wildman–Crippen LogP) is 3.30. The highest BCUT2D eigenvalue weighted by atomic mass is 32.2. The molecular formula is C22H23BF2N2O4S. The highest BCUT2D eigenvalue weighted by Crippen LogP contribution is 2.27. The van der Waals surface area contributed by atoms with E-state index in [9.17, 15) is 13.6 Å². The maximum Gasteiger partial charge on any atom is 0.488 e. The molecule has 0 amide bonds. The van der Waals surface area contributed by atoms with Crippen molar-refractivity contribution in [3.8, 4) is 11.1 Å². The Balaban J connectivity index is 0.000000278. The lowest BCUT2D eigenvalue weighted by Crippen LogP contribution is -2.31. The van der Waals surface area contributed by atoms with Crippen LogP contribution in [0.25, 0.3) is 11.1 Å². The van der Waals surface area contributed by atoms with Gasteiger partial charge in [0.05, 0.1) is 6.61 Å². The molecule has 1 heterocycles. The topological polar surface area (TPSA) is 92.5 Å². The number of benzene rings is 2. The van der Waals surface area contributed by atoms with E-state index in [2.05, 4.69) is 9.97 Å². The van der Waals surface area contributed by atoms with Crippen molar-refractivity contribution in [1.29, 1.82) is 0 Å². The molecule has 0 aliphatic carbocycles. The van der Waals surface area contributed by atoms with Gasteiger partial charge in [-0.25, -0.2) is 23.5 Å². The lowest BCUT2D eigenvalue weighted by molar-refractivity contribution is 0.0519. The Kier molecular flexibility index (Phi) is 9.31. The van der Waals surface area contributed by atoms with E-state index in [0.717, 1.165) is 0 Å². The second-order valence-electron chi connectivity index (χ2n) is 6.67. The Morgan fingerprint density at radius 1 is 1.06 bits per heavy atom. The Labute approximate surface area is 189 Å². The van der Waals surface area contributed by atoms with Gasteiger partial charge >= 0.3 is 13.1 Å². The first-order valence-electron chi connectivity index (χ1n) is 9.64. The van der Waals surface area contributed by atoms with E-state index in [-0.39, 0.29) is 23.9 Å². The first kappa shape index (κ1) is 25.4. The van der Waals surface area contributed by atoms with Gasteiger partial charge in [-0.2, -0.15) is 0 Å². The standard InChI is InChI=1S/C15H15FN2O2S.C7H8BFO2/c1-4-20-14(19)13-12(8-17-15(18-13)21-3)11-6-5-10(16)7-9(11)2;1-5-4-6(9)2-3-7(5)8(10)11/h5-8H,4H2,1-3H3;2-4,10-11H,1H3. The molecule has 10 heteroatoms. The van der Waals surface area contributed by atoms with Gasteiger partial charge in [-0.1, -0.05) is 23.9 Å². The summed E-state index contributed by atoms with van der Waals surface area (Å²) in [6.45, 7) is 5.39. The number of rotatable bonds is 5. The number of hydrogen-bond acceptors (Lipinski definition) is 7. The van der Waals surface area contributed by atoms with Gasteiger partial charge in [-0.15, -0.1) is 0 Å². The van der Waals surface area contributed by atoms with Crippen molar-refractivity contribution in [1.82, 2.24) is 9.97 Å². The number of ether oxygens (including phenoxy) is 1. The van der Waals surface area contributed by atoms with Gasteiger partial charge in [0.25, 0.3) is 0 Å². The summed E-state index contributed by atoms with van der Waals surface area (Å²) >= 11 is 1.34. The van der Waals surface area contributed by atoms with Crippen molar-refractivity contribution in [2.24, 2.45) is 0 Å². The summed E-state index contributed by atoms with van der Waals surface area (Å²) in [7, 11) is -1.52. The third kappa shape index (κ3) is 6.59. The van der Waals surface area contributed by atoms with Gasteiger partial charge in [-0.05, 0) is 73.4 Å². The molecule has 2 aromatic carbocycles. The maximum absolute atomic E-state index is 13.2. The zero-order valence-electron chi connectivity index (χ0n) is 18.1. The summed E-state index contributed by atoms with van der Waals surface area (Å²) in [5.74, 6) is -1.20. The molecule has 3 aromatic rings. The van der Waals surface area contributed by atoms with Crippen molar-refractivity contribution in [2.45, 2.75) is 25.9 Å². The van der Waals surface area contributed by atoms with E-state index in [1.807, 2.05) is 6.26 Å². The quantitative estimate of drug-likeness (QED) is 0.261. The second-order valence-corrected chi connectivity index (χ2v) is 7.45. The van der Waals surface area contributed by atoms with Gasteiger partial charge in [-0.3, -0.25) is 0 Å². The second kappa shape index (κ2) is 11.7. The van der Waals surface area contributed by atoms with E-state index < -0.39 is 13.1 Å². The van der Waals surface area contributed by atoms with Crippen LogP contribution in [0.3, 0.4) is 0 Å². The van der Waals surface area contributed by atoms with Crippen LogP contribution < -0.4 is 5.46 Å². The fourth-order valence-corrected chi connectivity index (χ4v) is 3.21. The van der Waals surface area contributed by atoms with Gasteiger partial charge in [0, 0.05) is 11.8 Å². The monoisotopic (exact) mass is 460 g/mol. The first-order valence-corrected chi connectivity index (χ1v) is 10.9. The minimum atomic E-state index is -1.52. The number of aromatic nitrogens is 2. The molecule has 0 aliphatic rings. The normalized spacial score (nSPS) is 10.2. The molecule has 0 atom stereocenters. The first-order chi connectivity index (χ1) is 15.2. The van der Waals surface area contributed by atoms with Crippen molar-refractivity contribution >= 4 is 30.3 Å². The predicted molar refractivity (Wildman–Crippen MR) is 121 cm³/mol. The summed E-state index contributed by atoms with van der Waals surface area (Å²) in [6, 6.07) is 8.18. The molecule has 1 aromatic heterocycles. The minimum absolute atomic E-state index is 0.200. The van der Waals surface area contributed by atoms with Crippen molar-refractivity contribution < 1.29 is 28.4 Å². The van der Waals surface area contributed by atoms with Crippen molar-refractivity contribution in [3.05, 3.63) is 71.1 Å². The third-order valence-corrected chi connectivity index (χ3v) is 4.97. The number of esters is 1. The van der Waals surface area contributed by atoms with Crippen LogP contribution in [0.5, 0.6) is 0 Å². The Hall–Kier alpha value is -2.82. The molecule has 2 N–H and O–H groups in total. The Morgan fingerprint density at radius 2 is 1.69 bits per heavy atom.